The highest BCUT2D eigenvalue weighted by Crippen LogP contribution is 2.35. The Morgan fingerprint density at radius 1 is 0.966 bits per heavy atom. The van der Waals surface area contributed by atoms with E-state index in [4.69, 9.17) is 0 Å². The molecule has 0 aliphatic carbocycles. The number of hydrogen-bond donors (Lipinski definition) is 3. The Bertz CT molecular complexity index is 1310. The smallest absolute Gasteiger partial charge is 0.275 e. The van der Waals surface area contributed by atoms with Crippen molar-refractivity contribution in [3.05, 3.63) is 72.1 Å². The standard InChI is InChI=1S/C23H20N4O2/c1-24-11-10-14-13-27(19-9-5-3-6-15(14)19)21-20(22(28)26-23(21)29)17-12-25-18-8-4-2-7-16(17)18/h2-9,12-13,24-25H,10-11H2,1H3,(H,26,28,29). The Hall–Kier alpha value is -3.64. The van der Waals surface area contributed by atoms with Gasteiger partial charge in [-0.2, -0.15) is 0 Å². The number of aromatic nitrogens is 2. The normalized spacial score (nSPS) is 14.4. The van der Waals surface area contributed by atoms with Crippen LogP contribution in [0, 0.1) is 0 Å². The molecule has 3 N–H and O–H groups in total. The Morgan fingerprint density at radius 3 is 2.55 bits per heavy atom. The Labute approximate surface area is 167 Å². The number of H-pyrrole nitrogens is 1. The maximum atomic E-state index is 12.9. The van der Waals surface area contributed by atoms with Gasteiger partial charge < -0.3 is 14.9 Å². The van der Waals surface area contributed by atoms with E-state index in [1.54, 1.807) is 6.20 Å². The van der Waals surface area contributed by atoms with E-state index in [2.05, 4.69) is 21.7 Å². The zero-order valence-electron chi connectivity index (χ0n) is 16.0. The summed E-state index contributed by atoms with van der Waals surface area (Å²) in [5.74, 6) is -0.750. The first kappa shape index (κ1) is 17.5. The highest BCUT2D eigenvalue weighted by molar-refractivity contribution is 6.47. The van der Waals surface area contributed by atoms with Crippen LogP contribution in [0.1, 0.15) is 11.1 Å². The van der Waals surface area contributed by atoms with Crippen LogP contribution in [0.5, 0.6) is 0 Å². The summed E-state index contributed by atoms with van der Waals surface area (Å²) in [5.41, 5.74) is 4.46. The van der Waals surface area contributed by atoms with Crippen LogP contribution < -0.4 is 10.6 Å². The summed E-state index contributed by atoms with van der Waals surface area (Å²) >= 11 is 0. The van der Waals surface area contributed by atoms with Crippen molar-refractivity contribution in [3.63, 3.8) is 0 Å². The maximum Gasteiger partial charge on any atom is 0.275 e. The quantitative estimate of drug-likeness (QED) is 0.463. The number of fused-ring (bicyclic) bond motifs is 2. The Morgan fingerprint density at radius 2 is 1.72 bits per heavy atom. The van der Waals surface area contributed by atoms with Gasteiger partial charge in [-0.1, -0.05) is 36.4 Å². The van der Waals surface area contributed by atoms with E-state index in [9.17, 15) is 9.59 Å². The van der Waals surface area contributed by atoms with E-state index in [0.717, 1.165) is 45.9 Å². The van der Waals surface area contributed by atoms with E-state index in [0.29, 0.717) is 11.3 Å². The van der Waals surface area contributed by atoms with E-state index >= 15 is 0 Å². The van der Waals surface area contributed by atoms with Crippen molar-refractivity contribution in [1.82, 2.24) is 20.2 Å². The first-order valence-electron chi connectivity index (χ1n) is 9.59. The highest BCUT2D eigenvalue weighted by Gasteiger charge is 2.34. The van der Waals surface area contributed by atoms with Crippen LogP contribution in [0.4, 0.5) is 0 Å². The minimum Gasteiger partial charge on any atom is -0.361 e. The van der Waals surface area contributed by atoms with Crippen LogP contribution >= 0.6 is 0 Å². The lowest BCUT2D eigenvalue weighted by molar-refractivity contribution is -0.122. The monoisotopic (exact) mass is 384 g/mol. The van der Waals surface area contributed by atoms with Crippen molar-refractivity contribution in [1.29, 1.82) is 0 Å². The topological polar surface area (TPSA) is 78.9 Å². The predicted octanol–water partition coefficient (Wildman–Crippen LogP) is 2.91. The van der Waals surface area contributed by atoms with Crippen molar-refractivity contribution >= 4 is 44.9 Å². The molecule has 0 radical (unpaired) electrons. The number of imide groups is 1. The molecule has 1 aliphatic heterocycles. The predicted molar refractivity (Wildman–Crippen MR) is 114 cm³/mol. The van der Waals surface area contributed by atoms with Gasteiger partial charge >= 0.3 is 0 Å². The molecule has 2 aromatic carbocycles. The fraction of sp³-hybridized carbons (Fsp3) is 0.130. The number of aromatic amines is 1. The number of carbonyl (C=O) groups is 2. The van der Waals surface area contributed by atoms with E-state index in [1.165, 1.54) is 0 Å². The number of rotatable bonds is 5. The maximum absolute atomic E-state index is 12.9. The average Bonchev–Trinajstić information content (AvgIpc) is 3.39. The van der Waals surface area contributed by atoms with Gasteiger partial charge in [-0.25, -0.2) is 0 Å². The lowest BCUT2D eigenvalue weighted by Gasteiger charge is -2.07. The number of amides is 2. The number of hydrogen-bond acceptors (Lipinski definition) is 3. The first-order chi connectivity index (χ1) is 14.2. The molecule has 2 amide bonds. The molecule has 3 heterocycles. The van der Waals surface area contributed by atoms with Crippen LogP contribution in [-0.4, -0.2) is 35.0 Å². The minimum absolute atomic E-state index is 0.367. The molecule has 2 aromatic heterocycles. The largest absolute Gasteiger partial charge is 0.361 e. The number of nitrogens with one attached hydrogen (secondary N) is 3. The van der Waals surface area contributed by atoms with Gasteiger partial charge in [0.15, 0.2) is 0 Å². The molecule has 0 bridgehead atoms. The molecule has 4 aromatic rings. The number of carbonyl (C=O) groups excluding carboxylic acids is 2. The van der Waals surface area contributed by atoms with Gasteiger partial charge in [0.1, 0.15) is 5.70 Å². The third kappa shape index (κ3) is 2.68. The molecule has 6 nitrogen and oxygen atoms in total. The number of benzene rings is 2. The summed E-state index contributed by atoms with van der Waals surface area (Å²) in [5, 5.41) is 7.65. The van der Waals surface area contributed by atoms with Crippen LogP contribution in [0.15, 0.2) is 60.9 Å². The van der Waals surface area contributed by atoms with Gasteiger partial charge in [-0.05, 0) is 37.7 Å². The van der Waals surface area contributed by atoms with Crippen LogP contribution in [0.2, 0.25) is 0 Å². The molecule has 144 valence electrons. The third-order valence-corrected chi connectivity index (χ3v) is 5.44. The Kier molecular flexibility index (Phi) is 4.07. The first-order valence-corrected chi connectivity index (χ1v) is 9.59. The number of likely N-dealkylation sites (N-methyl/N-ethyl adjacent to an activating group) is 1. The van der Waals surface area contributed by atoms with Crippen molar-refractivity contribution in [2.75, 3.05) is 13.6 Å². The van der Waals surface area contributed by atoms with Crippen molar-refractivity contribution in [2.45, 2.75) is 6.42 Å². The van der Waals surface area contributed by atoms with Gasteiger partial charge in [0.2, 0.25) is 0 Å². The zero-order chi connectivity index (χ0) is 20.0. The average molecular weight is 384 g/mol. The van der Waals surface area contributed by atoms with Crippen LogP contribution in [0.25, 0.3) is 33.1 Å². The molecule has 5 rings (SSSR count). The highest BCUT2D eigenvalue weighted by atomic mass is 16.2. The van der Waals surface area contributed by atoms with Crippen molar-refractivity contribution in [3.8, 4) is 0 Å². The second-order valence-corrected chi connectivity index (χ2v) is 7.15. The summed E-state index contributed by atoms with van der Waals surface area (Å²) in [4.78, 5) is 28.9. The van der Waals surface area contributed by atoms with Crippen molar-refractivity contribution in [2.24, 2.45) is 0 Å². The van der Waals surface area contributed by atoms with E-state index in [1.807, 2.05) is 60.3 Å². The fourth-order valence-corrected chi connectivity index (χ4v) is 4.10. The van der Waals surface area contributed by atoms with E-state index in [-0.39, 0.29) is 11.8 Å². The summed E-state index contributed by atoms with van der Waals surface area (Å²) in [7, 11) is 1.92. The second kappa shape index (κ2) is 6.76. The summed E-state index contributed by atoms with van der Waals surface area (Å²) < 4.78 is 1.86. The molecule has 0 saturated carbocycles. The van der Waals surface area contributed by atoms with E-state index < -0.39 is 0 Å². The van der Waals surface area contributed by atoms with Crippen molar-refractivity contribution < 1.29 is 9.59 Å². The molecular weight excluding hydrogens is 364 g/mol. The number of nitrogens with zero attached hydrogens (tertiary/aromatic N) is 1. The fourth-order valence-electron chi connectivity index (χ4n) is 4.10. The lowest BCUT2D eigenvalue weighted by Crippen LogP contribution is -2.23. The Balaban J connectivity index is 1.79. The molecule has 29 heavy (non-hydrogen) atoms. The lowest BCUT2D eigenvalue weighted by atomic mass is 10.0. The van der Waals surface area contributed by atoms with Gasteiger partial charge in [0, 0.05) is 34.2 Å². The SMILES string of the molecule is CNCCc1cn(C2=C(c3c[nH]c4ccccc34)C(=O)NC2=O)c2ccccc12. The van der Waals surface area contributed by atoms with Gasteiger partial charge in [0.05, 0.1) is 11.1 Å². The number of para-hydroxylation sites is 2. The summed E-state index contributed by atoms with van der Waals surface area (Å²) in [6.07, 6.45) is 4.60. The minimum atomic E-state index is -0.379. The molecule has 0 unspecified atom stereocenters. The molecule has 0 atom stereocenters. The molecule has 0 spiro atoms. The summed E-state index contributed by atoms with van der Waals surface area (Å²) in [6.45, 7) is 0.827. The summed E-state index contributed by atoms with van der Waals surface area (Å²) in [6, 6.07) is 15.7. The van der Waals surface area contributed by atoms with Gasteiger partial charge in [-0.3, -0.25) is 14.9 Å². The second-order valence-electron chi connectivity index (χ2n) is 7.15. The molecule has 0 fully saturated rings. The zero-order valence-corrected chi connectivity index (χ0v) is 16.0. The molecular formula is C23H20N4O2. The molecule has 0 saturated heterocycles. The molecule has 1 aliphatic rings. The van der Waals surface area contributed by atoms with Crippen LogP contribution in [-0.2, 0) is 16.0 Å². The van der Waals surface area contributed by atoms with Crippen LogP contribution in [0.3, 0.4) is 0 Å². The van der Waals surface area contributed by atoms with Gasteiger partial charge in [0.25, 0.3) is 11.8 Å². The third-order valence-electron chi connectivity index (χ3n) is 5.44. The molecule has 6 heteroatoms. The van der Waals surface area contributed by atoms with Gasteiger partial charge in [-0.15, -0.1) is 0 Å².